The summed E-state index contributed by atoms with van der Waals surface area (Å²) in [7, 11) is 0. The van der Waals surface area contributed by atoms with Crippen LogP contribution in [-0.2, 0) is 26.3 Å². The molecule has 0 spiro atoms. The van der Waals surface area contributed by atoms with Gasteiger partial charge in [-0.1, -0.05) is 119 Å². The van der Waals surface area contributed by atoms with E-state index >= 15 is 0 Å². The lowest BCUT2D eigenvalue weighted by Crippen LogP contribution is -2.34. The van der Waals surface area contributed by atoms with Crippen LogP contribution in [0.15, 0.2) is 91.0 Å². The summed E-state index contributed by atoms with van der Waals surface area (Å²) in [6.07, 6.45) is 3.64. The molecule has 1 heterocycles. The molecule has 1 saturated heterocycles. The molecular weight excluding hydrogens is 446 g/mol. The first-order chi connectivity index (χ1) is 17.6. The first kappa shape index (κ1) is 29.3. The van der Waals surface area contributed by atoms with Gasteiger partial charge in [-0.3, -0.25) is 4.79 Å². The standard InChI is InChI=1S/C18H20O.C12H17NO2.C2H6/c1-2-15-13-14-19-18(15,16-9-5-3-6-10-16)17-11-7-4-8-12-17;1-2-8-15-12(14)11(13)9-10-6-4-3-5-7-10;1-2/h3-12,15H,2,13-14H2,1H3;3-7,11H,2,8-9,13H2,1H3;1-2H3. The molecular formula is C32H43NO3. The molecule has 1 aliphatic rings. The maximum absolute atomic E-state index is 11.4. The van der Waals surface area contributed by atoms with Gasteiger partial charge in [0.1, 0.15) is 11.6 Å². The SMILES string of the molecule is CC.CCC1CCOC1(c1ccccc1)c1ccccc1.CCCOC(=O)C(N)Cc1ccccc1. The van der Waals surface area contributed by atoms with E-state index in [9.17, 15) is 4.79 Å². The van der Waals surface area contributed by atoms with Gasteiger partial charge in [-0.2, -0.15) is 0 Å². The molecule has 194 valence electrons. The van der Waals surface area contributed by atoms with Crippen molar-refractivity contribution in [1.82, 2.24) is 0 Å². The Bertz CT molecular complexity index is 937. The van der Waals surface area contributed by atoms with E-state index in [1.54, 1.807) is 0 Å². The lowest BCUT2D eigenvalue weighted by Gasteiger charge is -2.35. The van der Waals surface area contributed by atoms with Crippen molar-refractivity contribution >= 4 is 5.97 Å². The molecule has 4 nitrogen and oxygen atoms in total. The summed E-state index contributed by atoms with van der Waals surface area (Å²) in [6, 6.07) is 30.5. The number of ether oxygens (including phenoxy) is 2. The van der Waals surface area contributed by atoms with Crippen LogP contribution in [0.5, 0.6) is 0 Å². The molecule has 1 aliphatic heterocycles. The van der Waals surface area contributed by atoms with E-state index in [2.05, 4.69) is 67.6 Å². The van der Waals surface area contributed by atoms with Crippen LogP contribution in [0.4, 0.5) is 0 Å². The van der Waals surface area contributed by atoms with E-state index in [1.165, 1.54) is 11.1 Å². The fourth-order valence-electron chi connectivity index (χ4n) is 4.61. The summed E-state index contributed by atoms with van der Waals surface area (Å²) < 4.78 is 11.3. The number of carbonyl (C=O) groups is 1. The van der Waals surface area contributed by atoms with Crippen LogP contribution in [0.2, 0.25) is 0 Å². The lowest BCUT2D eigenvalue weighted by atomic mass is 9.75. The second-order valence-electron chi connectivity index (χ2n) is 8.67. The number of benzene rings is 3. The normalized spacial score (nSPS) is 16.5. The zero-order chi connectivity index (χ0) is 26.2. The number of esters is 1. The van der Waals surface area contributed by atoms with Crippen molar-refractivity contribution in [1.29, 1.82) is 0 Å². The molecule has 3 aromatic rings. The second-order valence-corrected chi connectivity index (χ2v) is 8.67. The van der Waals surface area contributed by atoms with Gasteiger partial charge in [0.2, 0.25) is 0 Å². The molecule has 0 radical (unpaired) electrons. The zero-order valence-corrected chi connectivity index (χ0v) is 22.4. The molecule has 0 bridgehead atoms. The molecule has 2 N–H and O–H groups in total. The Balaban J connectivity index is 0.000000244. The monoisotopic (exact) mass is 489 g/mol. The van der Waals surface area contributed by atoms with Crippen molar-refractivity contribution in [2.24, 2.45) is 11.7 Å². The first-order valence-electron chi connectivity index (χ1n) is 13.3. The predicted octanol–water partition coefficient (Wildman–Crippen LogP) is 6.91. The highest BCUT2D eigenvalue weighted by molar-refractivity contribution is 5.75. The average Bonchev–Trinajstić information content (AvgIpc) is 3.40. The maximum atomic E-state index is 11.4. The smallest absolute Gasteiger partial charge is 0.323 e. The van der Waals surface area contributed by atoms with Gasteiger partial charge >= 0.3 is 5.97 Å². The van der Waals surface area contributed by atoms with Crippen molar-refractivity contribution < 1.29 is 14.3 Å². The minimum Gasteiger partial charge on any atom is -0.465 e. The van der Waals surface area contributed by atoms with Gasteiger partial charge in [-0.15, -0.1) is 0 Å². The number of carbonyl (C=O) groups excluding carboxylic acids is 1. The summed E-state index contributed by atoms with van der Waals surface area (Å²) in [6.45, 7) is 9.51. The van der Waals surface area contributed by atoms with Gasteiger partial charge in [0.05, 0.1) is 6.61 Å². The van der Waals surface area contributed by atoms with Crippen molar-refractivity contribution in [3.05, 3.63) is 108 Å². The molecule has 2 unspecified atom stereocenters. The van der Waals surface area contributed by atoms with E-state index in [0.29, 0.717) is 18.9 Å². The molecule has 2 atom stereocenters. The maximum Gasteiger partial charge on any atom is 0.323 e. The van der Waals surface area contributed by atoms with Crippen LogP contribution in [0.3, 0.4) is 0 Å². The van der Waals surface area contributed by atoms with Gasteiger partial charge in [0.25, 0.3) is 0 Å². The summed E-state index contributed by atoms with van der Waals surface area (Å²) in [5, 5.41) is 0. The molecule has 0 aliphatic carbocycles. The Labute approximate surface area is 217 Å². The molecule has 4 rings (SSSR count). The number of nitrogens with two attached hydrogens (primary N) is 1. The third kappa shape index (κ3) is 7.78. The molecule has 0 aromatic heterocycles. The number of hydrogen-bond donors (Lipinski definition) is 1. The van der Waals surface area contributed by atoms with Crippen molar-refractivity contribution in [3.63, 3.8) is 0 Å². The predicted molar refractivity (Wildman–Crippen MR) is 149 cm³/mol. The Hall–Kier alpha value is -2.95. The Morgan fingerprint density at radius 1 is 0.917 bits per heavy atom. The van der Waals surface area contributed by atoms with Gasteiger partial charge in [-0.05, 0) is 48.3 Å². The summed E-state index contributed by atoms with van der Waals surface area (Å²) in [5.74, 6) is 0.234. The highest BCUT2D eigenvalue weighted by atomic mass is 16.5. The van der Waals surface area contributed by atoms with Crippen LogP contribution < -0.4 is 5.73 Å². The Morgan fingerprint density at radius 2 is 1.42 bits per heavy atom. The minimum atomic E-state index is -0.557. The van der Waals surface area contributed by atoms with E-state index in [-0.39, 0.29) is 11.6 Å². The van der Waals surface area contributed by atoms with Crippen LogP contribution in [-0.4, -0.2) is 25.2 Å². The van der Waals surface area contributed by atoms with E-state index in [0.717, 1.165) is 31.4 Å². The van der Waals surface area contributed by atoms with E-state index in [1.807, 2.05) is 51.1 Å². The highest BCUT2D eigenvalue weighted by Crippen LogP contribution is 2.47. The molecule has 36 heavy (non-hydrogen) atoms. The number of rotatable bonds is 8. The largest absolute Gasteiger partial charge is 0.465 e. The highest BCUT2D eigenvalue weighted by Gasteiger charge is 2.45. The van der Waals surface area contributed by atoms with Gasteiger partial charge in [0.15, 0.2) is 0 Å². The number of hydrogen-bond acceptors (Lipinski definition) is 4. The minimum absolute atomic E-state index is 0.253. The van der Waals surface area contributed by atoms with Crippen molar-refractivity contribution in [2.75, 3.05) is 13.2 Å². The molecule has 0 saturated carbocycles. The Kier molecular flexibility index (Phi) is 13.0. The van der Waals surface area contributed by atoms with Gasteiger partial charge < -0.3 is 15.2 Å². The molecule has 0 amide bonds. The third-order valence-corrected chi connectivity index (χ3v) is 6.32. The molecule has 4 heteroatoms. The zero-order valence-electron chi connectivity index (χ0n) is 22.4. The fourth-order valence-corrected chi connectivity index (χ4v) is 4.61. The average molecular weight is 490 g/mol. The van der Waals surface area contributed by atoms with Gasteiger partial charge in [0, 0.05) is 6.61 Å². The van der Waals surface area contributed by atoms with Gasteiger partial charge in [-0.25, -0.2) is 0 Å². The first-order valence-corrected chi connectivity index (χ1v) is 13.3. The quantitative estimate of drug-likeness (QED) is 0.349. The summed E-state index contributed by atoms with van der Waals surface area (Å²) in [5.41, 5.74) is 9.08. The van der Waals surface area contributed by atoms with E-state index in [4.69, 9.17) is 15.2 Å². The van der Waals surface area contributed by atoms with Crippen molar-refractivity contribution in [3.8, 4) is 0 Å². The summed E-state index contributed by atoms with van der Waals surface area (Å²) in [4.78, 5) is 11.4. The van der Waals surface area contributed by atoms with E-state index < -0.39 is 6.04 Å². The van der Waals surface area contributed by atoms with Crippen LogP contribution in [0.1, 0.15) is 63.6 Å². The Morgan fingerprint density at radius 3 is 1.89 bits per heavy atom. The molecule has 1 fully saturated rings. The lowest BCUT2D eigenvalue weighted by molar-refractivity contribution is -0.145. The van der Waals surface area contributed by atoms with Crippen LogP contribution in [0, 0.1) is 5.92 Å². The summed E-state index contributed by atoms with van der Waals surface area (Å²) >= 11 is 0. The van der Waals surface area contributed by atoms with Crippen molar-refractivity contribution in [2.45, 2.75) is 65.0 Å². The topological polar surface area (TPSA) is 61.5 Å². The third-order valence-electron chi connectivity index (χ3n) is 6.32. The molecule has 3 aromatic carbocycles. The van der Waals surface area contributed by atoms with Crippen LogP contribution in [0.25, 0.3) is 0 Å². The fraction of sp³-hybridized carbons (Fsp3) is 0.406. The van der Waals surface area contributed by atoms with Crippen LogP contribution >= 0.6 is 0 Å². The second kappa shape index (κ2) is 15.9.